The molecule has 2 aromatic rings. The molecule has 1 amide bonds. The smallest absolute Gasteiger partial charge is 0.375 e. The molecule has 4 nitrogen and oxygen atoms in total. The minimum Gasteiger partial charge on any atom is -0.375 e. The number of carbonyl (C=O) groups excluding carboxylic acids is 1. The average Bonchev–Trinajstić information content (AvgIpc) is 2.77. The fourth-order valence-corrected chi connectivity index (χ4v) is 3.23. The molecule has 2 heterocycles. The Morgan fingerprint density at radius 3 is 2.57 bits per heavy atom. The first-order chi connectivity index (χ1) is 9.84. The largest absolute Gasteiger partial charge is 0.416 e. The van der Waals surface area contributed by atoms with Gasteiger partial charge in [0.1, 0.15) is 5.82 Å². The van der Waals surface area contributed by atoms with Crippen molar-refractivity contribution in [3.05, 3.63) is 40.3 Å². The van der Waals surface area contributed by atoms with Gasteiger partial charge in [-0.1, -0.05) is 23.5 Å². The van der Waals surface area contributed by atoms with Gasteiger partial charge in [0.15, 0.2) is 5.13 Å². The second-order valence-electron chi connectivity index (χ2n) is 4.69. The number of anilines is 2. The third-order valence-corrected chi connectivity index (χ3v) is 4.27. The van der Waals surface area contributed by atoms with Crippen molar-refractivity contribution >= 4 is 28.2 Å². The number of rotatable bonds is 1. The van der Waals surface area contributed by atoms with E-state index < -0.39 is 11.7 Å². The summed E-state index contributed by atoms with van der Waals surface area (Å²) in [7, 11) is 0. The molecule has 110 valence electrons. The van der Waals surface area contributed by atoms with Crippen LogP contribution in [0.1, 0.15) is 28.3 Å². The molecule has 1 aromatic heterocycles. The second kappa shape index (κ2) is 4.73. The molecule has 1 aliphatic heterocycles. The maximum Gasteiger partial charge on any atom is 0.416 e. The van der Waals surface area contributed by atoms with E-state index in [1.165, 1.54) is 23.5 Å². The minimum atomic E-state index is -4.37. The number of fused-ring (bicyclic) bond motifs is 1. The number of nitrogens with one attached hydrogen (secondary N) is 1. The van der Waals surface area contributed by atoms with Gasteiger partial charge in [0.2, 0.25) is 5.91 Å². The van der Waals surface area contributed by atoms with Crippen molar-refractivity contribution < 1.29 is 18.0 Å². The highest BCUT2D eigenvalue weighted by atomic mass is 32.1. The van der Waals surface area contributed by atoms with Gasteiger partial charge in [0, 0.05) is 12.3 Å². The van der Waals surface area contributed by atoms with Crippen LogP contribution in [0.2, 0.25) is 0 Å². The van der Waals surface area contributed by atoms with E-state index >= 15 is 0 Å². The Hall–Kier alpha value is -2.09. The number of nitrogens with zero attached hydrogens (tertiary/aromatic N) is 1. The summed E-state index contributed by atoms with van der Waals surface area (Å²) in [6, 6.07) is 4.83. The van der Waals surface area contributed by atoms with Crippen molar-refractivity contribution in [1.82, 2.24) is 4.98 Å². The predicted molar refractivity (Wildman–Crippen MR) is 73.1 cm³/mol. The third kappa shape index (κ3) is 2.58. The van der Waals surface area contributed by atoms with Gasteiger partial charge in [-0.25, -0.2) is 4.98 Å². The lowest BCUT2D eigenvalue weighted by Crippen LogP contribution is -2.22. The van der Waals surface area contributed by atoms with Crippen molar-refractivity contribution in [1.29, 1.82) is 0 Å². The lowest BCUT2D eigenvalue weighted by molar-refractivity contribution is -0.137. The molecule has 21 heavy (non-hydrogen) atoms. The van der Waals surface area contributed by atoms with Crippen LogP contribution in [0.4, 0.5) is 24.1 Å². The monoisotopic (exact) mass is 313 g/mol. The Bertz CT molecular complexity index is 694. The number of benzene rings is 1. The summed E-state index contributed by atoms with van der Waals surface area (Å²) in [6.45, 7) is 0. The Labute approximate surface area is 121 Å². The van der Waals surface area contributed by atoms with E-state index in [1.807, 2.05) is 0 Å². The highest BCUT2D eigenvalue weighted by Crippen LogP contribution is 2.42. The number of aromatic nitrogens is 1. The topological polar surface area (TPSA) is 68.0 Å². The van der Waals surface area contributed by atoms with Crippen LogP contribution in [0.5, 0.6) is 0 Å². The molecule has 3 rings (SSSR count). The van der Waals surface area contributed by atoms with Crippen LogP contribution in [-0.2, 0) is 11.0 Å². The Kier molecular flexibility index (Phi) is 3.12. The summed E-state index contributed by atoms with van der Waals surface area (Å²) in [4.78, 5) is 16.5. The van der Waals surface area contributed by atoms with Crippen molar-refractivity contribution in [2.24, 2.45) is 0 Å². The summed E-state index contributed by atoms with van der Waals surface area (Å²) in [5, 5.41) is 2.94. The average molecular weight is 313 g/mol. The normalized spacial score (nSPS) is 18.2. The zero-order chi connectivity index (χ0) is 15.2. The summed E-state index contributed by atoms with van der Waals surface area (Å²) in [5.41, 5.74) is 5.56. The van der Waals surface area contributed by atoms with Gasteiger partial charge in [-0.15, -0.1) is 0 Å². The summed E-state index contributed by atoms with van der Waals surface area (Å²) in [6.07, 6.45) is -4.21. The maximum atomic E-state index is 12.6. The molecule has 0 spiro atoms. The van der Waals surface area contributed by atoms with Crippen LogP contribution in [0.3, 0.4) is 0 Å². The standard InChI is InChI=1S/C13H10F3N3OS/c14-13(15,16)7-3-1-6(2-4-7)8-5-9(20)18-11-10(8)21-12(17)19-11/h1-4,8H,5H2,(H2,17,19)(H,18,20)/t8-/m1/s1. The molecule has 1 atom stereocenters. The second-order valence-corrected chi connectivity index (χ2v) is 5.75. The highest BCUT2D eigenvalue weighted by Gasteiger charge is 2.32. The van der Waals surface area contributed by atoms with Crippen LogP contribution < -0.4 is 11.1 Å². The van der Waals surface area contributed by atoms with Gasteiger partial charge >= 0.3 is 6.18 Å². The van der Waals surface area contributed by atoms with Gasteiger partial charge < -0.3 is 11.1 Å². The predicted octanol–water partition coefficient (Wildman–Crippen LogP) is 3.22. The van der Waals surface area contributed by atoms with E-state index in [0.717, 1.165) is 17.0 Å². The quantitative estimate of drug-likeness (QED) is 0.849. The Morgan fingerprint density at radius 2 is 1.95 bits per heavy atom. The first kappa shape index (κ1) is 13.9. The molecular weight excluding hydrogens is 303 g/mol. The first-order valence-corrected chi connectivity index (χ1v) is 6.89. The molecule has 0 saturated heterocycles. The number of nitrogen functional groups attached to an aromatic ring is 1. The maximum absolute atomic E-state index is 12.6. The molecule has 1 aliphatic rings. The number of nitrogens with two attached hydrogens (primary N) is 1. The fraction of sp³-hybridized carbons (Fsp3) is 0.231. The van der Waals surface area contributed by atoms with Crippen molar-refractivity contribution in [3.8, 4) is 0 Å². The number of carbonyl (C=O) groups is 1. The van der Waals surface area contributed by atoms with Gasteiger partial charge in [-0.2, -0.15) is 13.2 Å². The van der Waals surface area contributed by atoms with Crippen LogP contribution in [0, 0.1) is 0 Å². The van der Waals surface area contributed by atoms with Gasteiger partial charge in [-0.05, 0) is 17.7 Å². The number of thiazole rings is 1. The van der Waals surface area contributed by atoms with Crippen LogP contribution in [0.15, 0.2) is 24.3 Å². The van der Waals surface area contributed by atoms with Crippen LogP contribution in [-0.4, -0.2) is 10.9 Å². The number of halogens is 3. The minimum absolute atomic E-state index is 0.167. The van der Waals surface area contributed by atoms with Crippen molar-refractivity contribution in [3.63, 3.8) is 0 Å². The van der Waals surface area contributed by atoms with Gasteiger partial charge in [0.25, 0.3) is 0 Å². The molecule has 3 N–H and O–H groups in total. The molecule has 0 unspecified atom stereocenters. The lowest BCUT2D eigenvalue weighted by atomic mass is 9.91. The van der Waals surface area contributed by atoms with Gasteiger partial charge in [-0.3, -0.25) is 4.79 Å². The van der Waals surface area contributed by atoms with Crippen molar-refractivity contribution in [2.45, 2.75) is 18.5 Å². The van der Waals surface area contributed by atoms with E-state index in [0.29, 0.717) is 16.5 Å². The summed E-state index contributed by atoms with van der Waals surface area (Å²) < 4.78 is 37.7. The zero-order valence-corrected chi connectivity index (χ0v) is 11.4. The molecule has 8 heteroatoms. The van der Waals surface area contributed by atoms with E-state index in [-0.39, 0.29) is 18.2 Å². The molecular formula is C13H10F3N3OS. The SMILES string of the molecule is Nc1nc2c(s1)[C@@H](c1ccc(C(F)(F)F)cc1)CC(=O)N2. The fourth-order valence-electron chi connectivity index (χ4n) is 2.31. The molecule has 0 bridgehead atoms. The van der Waals surface area contributed by atoms with Gasteiger partial charge in [0.05, 0.1) is 10.4 Å². The van der Waals surface area contributed by atoms with Crippen molar-refractivity contribution in [2.75, 3.05) is 11.1 Å². The van der Waals surface area contributed by atoms with E-state index in [4.69, 9.17) is 5.73 Å². The number of alkyl halides is 3. The van der Waals surface area contributed by atoms with E-state index in [9.17, 15) is 18.0 Å². The molecule has 0 saturated carbocycles. The Balaban J connectivity index is 1.99. The summed E-state index contributed by atoms with van der Waals surface area (Å²) in [5.74, 6) is -0.137. The lowest BCUT2D eigenvalue weighted by Gasteiger charge is -2.21. The van der Waals surface area contributed by atoms with E-state index in [2.05, 4.69) is 10.3 Å². The molecule has 0 fully saturated rings. The van der Waals surface area contributed by atoms with Crippen LogP contribution in [0.25, 0.3) is 0 Å². The molecule has 0 aliphatic carbocycles. The van der Waals surface area contributed by atoms with E-state index in [1.54, 1.807) is 0 Å². The van der Waals surface area contributed by atoms with Crippen LogP contribution >= 0.6 is 11.3 Å². The molecule has 1 aromatic carbocycles. The molecule has 0 radical (unpaired) electrons. The number of hydrogen-bond acceptors (Lipinski definition) is 4. The number of hydrogen-bond donors (Lipinski definition) is 2. The third-order valence-electron chi connectivity index (χ3n) is 3.27. The zero-order valence-electron chi connectivity index (χ0n) is 10.6. The summed E-state index contributed by atoms with van der Waals surface area (Å²) >= 11 is 1.23. The Morgan fingerprint density at radius 1 is 1.29 bits per heavy atom. The number of amides is 1. The first-order valence-electron chi connectivity index (χ1n) is 6.08. The highest BCUT2D eigenvalue weighted by molar-refractivity contribution is 7.16.